The third-order valence-electron chi connectivity index (χ3n) is 6.51. The average molecular weight is 553 g/mol. The molecule has 0 saturated heterocycles. The Morgan fingerprint density at radius 3 is 2.02 bits per heavy atom. The van der Waals surface area contributed by atoms with Gasteiger partial charge in [0.15, 0.2) is 0 Å². The van der Waals surface area contributed by atoms with Crippen molar-refractivity contribution in [2.75, 3.05) is 12.8 Å². The monoisotopic (exact) mass is 552 g/mol. The van der Waals surface area contributed by atoms with Crippen molar-refractivity contribution in [1.29, 1.82) is 0 Å². The smallest absolute Gasteiger partial charge is 0.330 e. The highest BCUT2D eigenvalue weighted by Gasteiger charge is 2.37. The summed E-state index contributed by atoms with van der Waals surface area (Å²) in [6, 6.07) is 17.0. The van der Waals surface area contributed by atoms with E-state index in [1.54, 1.807) is 25.3 Å². The number of ether oxygens (including phenoxy) is 2. The van der Waals surface area contributed by atoms with Gasteiger partial charge in [-0.25, -0.2) is 4.98 Å². The minimum Gasteiger partial charge on any atom is -0.482 e. The molecule has 216 valence electrons. The van der Waals surface area contributed by atoms with Crippen LogP contribution < -0.4 is 15.2 Å². The molecule has 0 amide bonds. The van der Waals surface area contributed by atoms with Gasteiger partial charge in [0.2, 0.25) is 11.7 Å². The summed E-state index contributed by atoms with van der Waals surface area (Å²) in [4.78, 5) is 15.3. The van der Waals surface area contributed by atoms with Crippen LogP contribution >= 0.6 is 0 Å². The van der Waals surface area contributed by atoms with E-state index in [9.17, 15) is 13.6 Å². The van der Waals surface area contributed by atoms with Crippen LogP contribution in [0.3, 0.4) is 0 Å². The van der Waals surface area contributed by atoms with Crippen LogP contribution in [0.15, 0.2) is 73.3 Å². The molecular weight excluding hydrogens is 510 g/mol. The maximum atomic E-state index is 13.2. The van der Waals surface area contributed by atoms with Crippen molar-refractivity contribution in [2.45, 2.75) is 77.7 Å². The number of carbonyl (C=O) groups excluding carboxylic acids is 1. The van der Waals surface area contributed by atoms with E-state index in [1.807, 2.05) is 50.2 Å². The maximum Gasteiger partial charge on any atom is 0.330 e. The van der Waals surface area contributed by atoms with Gasteiger partial charge in [0.25, 0.3) is 0 Å². The van der Waals surface area contributed by atoms with E-state index in [-0.39, 0.29) is 5.56 Å². The molecule has 0 atom stereocenters. The number of anilines is 1. The van der Waals surface area contributed by atoms with E-state index < -0.39 is 17.3 Å². The first-order valence-corrected chi connectivity index (χ1v) is 13.6. The topological polar surface area (TPSA) is 74.4 Å². The summed E-state index contributed by atoms with van der Waals surface area (Å²) in [6.45, 7) is 10.6. The van der Waals surface area contributed by atoms with Crippen LogP contribution in [-0.4, -0.2) is 17.9 Å². The molecule has 1 aromatic heterocycles. The number of hydrogen-bond acceptors (Lipinski definition) is 5. The minimum atomic E-state index is -3.38. The fraction of sp³-hybridized carbons (Fsp3) is 0.394. The van der Waals surface area contributed by atoms with Crippen molar-refractivity contribution in [3.63, 3.8) is 0 Å². The Morgan fingerprint density at radius 2 is 1.57 bits per heavy atom. The second kappa shape index (κ2) is 15.2. The van der Waals surface area contributed by atoms with Crippen molar-refractivity contribution < 1.29 is 23.0 Å². The molecule has 2 N–H and O–H groups in total. The van der Waals surface area contributed by atoms with Crippen molar-refractivity contribution in [3.8, 4) is 11.6 Å². The van der Waals surface area contributed by atoms with Crippen LogP contribution in [0.5, 0.6) is 11.6 Å². The summed E-state index contributed by atoms with van der Waals surface area (Å²) >= 11 is 0. The number of hydrogen-bond donors (Lipinski definition) is 1. The number of halogens is 2. The number of nitrogens with two attached hydrogens (primary N) is 1. The first-order valence-electron chi connectivity index (χ1n) is 13.6. The summed E-state index contributed by atoms with van der Waals surface area (Å²) in [5, 5.41) is 0. The van der Waals surface area contributed by atoms with Crippen LogP contribution in [0.1, 0.15) is 75.8 Å². The Morgan fingerprint density at radius 1 is 1.00 bits per heavy atom. The Balaban J connectivity index is 0.000000255. The number of ketones is 1. The van der Waals surface area contributed by atoms with Crippen LogP contribution in [-0.2, 0) is 29.2 Å². The zero-order valence-corrected chi connectivity index (χ0v) is 24.3. The van der Waals surface area contributed by atoms with E-state index in [0.717, 1.165) is 35.9 Å². The second-order valence-electron chi connectivity index (χ2n) is 10.1. The fourth-order valence-electron chi connectivity index (χ4n) is 3.74. The Kier molecular flexibility index (Phi) is 12.3. The molecule has 7 heteroatoms. The van der Waals surface area contributed by atoms with E-state index in [4.69, 9.17) is 15.2 Å². The van der Waals surface area contributed by atoms with Crippen LogP contribution in [0.4, 0.5) is 14.5 Å². The van der Waals surface area contributed by atoms with Crippen molar-refractivity contribution in [2.24, 2.45) is 0 Å². The lowest BCUT2D eigenvalue weighted by molar-refractivity contribution is -0.141. The average Bonchev–Trinajstić information content (AvgIpc) is 2.89. The van der Waals surface area contributed by atoms with Gasteiger partial charge in [-0.1, -0.05) is 69.0 Å². The highest BCUT2D eigenvalue weighted by atomic mass is 19.3. The number of pyridine rings is 1. The predicted molar refractivity (Wildman–Crippen MR) is 158 cm³/mol. The van der Waals surface area contributed by atoms with Crippen molar-refractivity contribution in [3.05, 3.63) is 95.7 Å². The molecule has 1 fully saturated rings. The summed E-state index contributed by atoms with van der Waals surface area (Å²) < 4.78 is 37.8. The zero-order chi connectivity index (χ0) is 29.8. The summed E-state index contributed by atoms with van der Waals surface area (Å²) in [6.07, 6.45) is 9.21. The lowest BCUT2D eigenvalue weighted by atomic mass is 9.97. The van der Waals surface area contributed by atoms with E-state index in [2.05, 4.69) is 18.5 Å². The molecular formula is C33H42F2N2O3. The van der Waals surface area contributed by atoms with Crippen LogP contribution in [0, 0.1) is 0 Å². The number of Topliss-reactive ketones (excluding diaryl/α,β-unsaturated/α-hetero) is 1. The number of aromatic nitrogens is 1. The second-order valence-corrected chi connectivity index (χ2v) is 10.1. The molecule has 0 radical (unpaired) electrons. The minimum absolute atomic E-state index is 0.261. The van der Waals surface area contributed by atoms with Gasteiger partial charge in [-0.2, -0.15) is 8.78 Å². The molecule has 2 aromatic carbocycles. The van der Waals surface area contributed by atoms with Gasteiger partial charge in [0, 0.05) is 24.2 Å². The van der Waals surface area contributed by atoms with Crippen molar-refractivity contribution >= 4 is 11.5 Å². The van der Waals surface area contributed by atoms with Crippen LogP contribution in [0.2, 0.25) is 0 Å². The van der Waals surface area contributed by atoms with Gasteiger partial charge in [-0.05, 0) is 62.1 Å². The number of nitrogens with zero attached hydrogens (tertiary/aromatic N) is 1. The normalized spacial score (nSPS) is 12.5. The van der Waals surface area contributed by atoms with Crippen molar-refractivity contribution in [1.82, 2.24) is 4.98 Å². The SMILES string of the molecule is C1CCC1.C=CCc1ccc(C(F)(F)C(C)=O)cc1.CCc1ccc(OC)nc1C(C)(C)Oc1ccc(N)cc1. The van der Waals surface area contributed by atoms with Gasteiger partial charge in [-0.3, -0.25) is 4.79 Å². The third-order valence-corrected chi connectivity index (χ3v) is 6.51. The first kappa shape index (κ1) is 32.5. The van der Waals surface area contributed by atoms with E-state index >= 15 is 0 Å². The third kappa shape index (κ3) is 9.47. The summed E-state index contributed by atoms with van der Waals surface area (Å²) in [7, 11) is 1.62. The molecule has 5 nitrogen and oxygen atoms in total. The quantitative estimate of drug-likeness (QED) is 0.214. The molecule has 1 saturated carbocycles. The molecule has 1 aliphatic carbocycles. The molecule has 3 aromatic rings. The Labute approximate surface area is 237 Å². The molecule has 1 heterocycles. The number of nitrogen functional groups attached to an aromatic ring is 1. The molecule has 1 aliphatic rings. The lowest BCUT2D eigenvalue weighted by Crippen LogP contribution is -2.28. The van der Waals surface area contributed by atoms with Gasteiger partial charge < -0.3 is 15.2 Å². The molecule has 0 aliphatic heterocycles. The van der Waals surface area contributed by atoms with Gasteiger partial charge >= 0.3 is 5.92 Å². The number of alkyl halides is 2. The number of rotatable bonds is 9. The molecule has 0 bridgehead atoms. The molecule has 4 rings (SSSR count). The summed E-state index contributed by atoms with van der Waals surface area (Å²) in [5.74, 6) is -3.16. The number of benzene rings is 2. The fourth-order valence-corrected chi connectivity index (χ4v) is 3.74. The highest BCUT2D eigenvalue weighted by molar-refractivity contribution is 5.84. The summed E-state index contributed by atoms with van der Waals surface area (Å²) in [5.41, 5.74) is 8.53. The molecule has 0 spiro atoms. The number of allylic oxidation sites excluding steroid dienone is 1. The highest BCUT2D eigenvalue weighted by Crippen LogP contribution is 2.31. The first-order chi connectivity index (χ1) is 18.9. The van der Waals surface area contributed by atoms with Gasteiger partial charge in [0.05, 0.1) is 12.8 Å². The predicted octanol–water partition coefficient (Wildman–Crippen LogP) is 8.21. The maximum absolute atomic E-state index is 13.2. The molecule has 40 heavy (non-hydrogen) atoms. The number of carbonyl (C=O) groups is 1. The number of methoxy groups -OCH3 is 1. The lowest BCUT2D eigenvalue weighted by Gasteiger charge is -2.28. The Hall–Kier alpha value is -3.74. The molecule has 0 unspecified atom stereocenters. The Bertz CT molecular complexity index is 1220. The van der Waals surface area contributed by atoms with Gasteiger partial charge in [-0.15, -0.1) is 6.58 Å². The van der Waals surface area contributed by atoms with Gasteiger partial charge in [0.1, 0.15) is 11.4 Å². The largest absolute Gasteiger partial charge is 0.482 e. The van der Waals surface area contributed by atoms with E-state index in [1.165, 1.54) is 37.8 Å². The standard InChI is InChI=1S/C17H22N2O2.C12H12F2O.C4H8/c1-5-12-6-11-15(20-4)19-16(12)17(2,3)21-14-9-7-13(18)8-10-14;1-3-4-10-5-7-11(8-6-10)12(13,14)9(2)15;1-2-4-3-1/h6-11H,5,18H2,1-4H3;3,5-8H,1,4H2,2H3;1-4H2. The van der Waals surface area contributed by atoms with E-state index in [0.29, 0.717) is 18.0 Å². The number of aryl methyl sites for hydroxylation is 1. The van der Waals surface area contributed by atoms with Crippen LogP contribution in [0.25, 0.3) is 0 Å². The zero-order valence-electron chi connectivity index (χ0n) is 24.3.